The third-order valence-electron chi connectivity index (χ3n) is 3.49. The second-order valence-electron chi connectivity index (χ2n) is 5.49. The molecule has 0 radical (unpaired) electrons. The Morgan fingerprint density at radius 3 is 1.58 bits per heavy atom. The molecule has 0 bridgehead atoms. The maximum atomic E-state index is 5.48. The lowest BCUT2D eigenvalue weighted by Crippen LogP contribution is -1.95. The first-order valence-electron chi connectivity index (χ1n) is 8.48. The largest absolute Gasteiger partial charge is 0.381 e. The molecule has 0 aliphatic heterocycles. The van der Waals surface area contributed by atoms with Crippen LogP contribution in [0.2, 0.25) is 0 Å². The fourth-order valence-electron chi connectivity index (χ4n) is 2.29. The Balaban J connectivity index is 2.88. The Hall–Kier alpha value is 0.310. The van der Waals surface area contributed by atoms with E-state index in [-0.39, 0.29) is 0 Å². The van der Waals surface area contributed by atoms with Gasteiger partial charge in [-0.2, -0.15) is 11.8 Å². The van der Waals surface area contributed by atoms with E-state index in [0.29, 0.717) is 0 Å². The maximum absolute atomic E-state index is 5.48. The van der Waals surface area contributed by atoms with E-state index < -0.39 is 0 Å². The summed E-state index contributed by atoms with van der Waals surface area (Å²) in [5, 5.41) is 0. The van der Waals surface area contributed by atoms with E-state index in [1.807, 2.05) is 11.8 Å². The van der Waals surface area contributed by atoms with Crippen LogP contribution in [0.25, 0.3) is 0 Å². The van der Waals surface area contributed by atoms with Gasteiger partial charge < -0.3 is 4.74 Å². The van der Waals surface area contributed by atoms with Crippen molar-refractivity contribution in [3.63, 3.8) is 0 Å². The Bertz CT molecular complexity index is 134. The van der Waals surface area contributed by atoms with E-state index >= 15 is 0 Å². The molecule has 0 amide bonds. The molecular formula is C17H36OS. The lowest BCUT2D eigenvalue weighted by Gasteiger charge is -2.03. The third kappa shape index (κ3) is 18.3. The smallest absolute Gasteiger partial charge is 0.0466 e. The first kappa shape index (κ1) is 19.3. The summed E-state index contributed by atoms with van der Waals surface area (Å²) >= 11 is 1.98. The van der Waals surface area contributed by atoms with Crippen molar-refractivity contribution in [1.29, 1.82) is 0 Å². The molecule has 0 aromatic heterocycles. The molecular weight excluding hydrogens is 252 g/mol. The summed E-state index contributed by atoms with van der Waals surface area (Å²) < 4.78 is 5.48. The van der Waals surface area contributed by atoms with Gasteiger partial charge in [0.2, 0.25) is 0 Å². The normalized spacial score (nSPS) is 11.1. The summed E-state index contributed by atoms with van der Waals surface area (Å²) in [6.07, 6.45) is 18.9. The van der Waals surface area contributed by atoms with Gasteiger partial charge in [0.1, 0.15) is 0 Å². The molecule has 0 aliphatic rings. The van der Waals surface area contributed by atoms with Gasteiger partial charge in [-0.15, -0.1) is 0 Å². The minimum Gasteiger partial charge on any atom is -0.381 e. The van der Waals surface area contributed by atoms with Gasteiger partial charge in [-0.1, -0.05) is 64.7 Å². The summed E-state index contributed by atoms with van der Waals surface area (Å²) in [6.45, 7) is 4.09. The Kier molecular flexibility index (Phi) is 18.6. The van der Waals surface area contributed by atoms with Crippen molar-refractivity contribution < 1.29 is 4.74 Å². The number of hydrogen-bond donors (Lipinski definition) is 0. The zero-order valence-electron chi connectivity index (χ0n) is 13.4. The van der Waals surface area contributed by atoms with Crippen LogP contribution in [0.15, 0.2) is 0 Å². The number of rotatable bonds is 16. The van der Waals surface area contributed by atoms with Crippen LogP contribution < -0.4 is 0 Å². The van der Waals surface area contributed by atoms with Crippen molar-refractivity contribution in [2.24, 2.45) is 0 Å². The van der Waals surface area contributed by atoms with Gasteiger partial charge >= 0.3 is 0 Å². The van der Waals surface area contributed by atoms with Crippen LogP contribution >= 0.6 is 11.8 Å². The molecule has 0 saturated carbocycles. The SMILES string of the molecule is CCCOCCCCCCCCCCCCCSC. The molecule has 0 heterocycles. The topological polar surface area (TPSA) is 9.23 Å². The molecule has 1 nitrogen and oxygen atoms in total. The monoisotopic (exact) mass is 288 g/mol. The van der Waals surface area contributed by atoms with Crippen LogP contribution in [0.5, 0.6) is 0 Å². The average Bonchev–Trinajstić information content (AvgIpc) is 2.43. The molecule has 0 aliphatic carbocycles. The van der Waals surface area contributed by atoms with Gasteiger partial charge in [-0.3, -0.25) is 0 Å². The Morgan fingerprint density at radius 1 is 0.632 bits per heavy atom. The van der Waals surface area contributed by atoms with Gasteiger partial charge in [0.25, 0.3) is 0 Å². The molecule has 0 unspecified atom stereocenters. The van der Waals surface area contributed by atoms with Crippen LogP contribution in [0.1, 0.15) is 84.0 Å². The van der Waals surface area contributed by atoms with Crippen molar-refractivity contribution in [3.05, 3.63) is 0 Å². The summed E-state index contributed by atoms with van der Waals surface area (Å²) in [6, 6.07) is 0. The highest BCUT2D eigenvalue weighted by molar-refractivity contribution is 7.98. The second kappa shape index (κ2) is 18.3. The van der Waals surface area contributed by atoms with Gasteiger partial charge in [-0.25, -0.2) is 0 Å². The Morgan fingerprint density at radius 2 is 1.11 bits per heavy atom. The standard InChI is InChI=1S/C17H36OS/c1-3-15-18-16-13-11-9-7-5-4-6-8-10-12-14-17-19-2/h3-17H2,1-2H3. The molecule has 0 fully saturated rings. The maximum Gasteiger partial charge on any atom is 0.0466 e. The molecule has 0 aromatic rings. The van der Waals surface area contributed by atoms with Crippen LogP contribution in [0, 0.1) is 0 Å². The molecule has 0 saturated heterocycles. The van der Waals surface area contributed by atoms with E-state index in [9.17, 15) is 0 Å². The van der Waals surface area contributed by atoms with Crippen molar-refractivity contribution in [3.8, 4) is 0 Å². The molecule has 0 spiro atoms. The number of unbranched alkanes of at least 4 members (excludes halogenated alkanes) is 10. The molecule has 116 valence electrons. The summed E-state index contributed by atoms with van der Waals surface area (Å²) in [4.78, 5) is 0. The van der Waals surface area contributed by atoms with Crippen molar-refractivity contribution in [1.82, 2.24) is 0 Å². The second-order valence-corrected chi connectivity index (χ2v) is 6.48. The van der Waals surface area contributed by atoms with Gasteiger partial charge in [0, 0.05) is 13.2 Å². The fraction of sp³-hybridized carbons (Fsp3) is 1.00. The van der Waals surface area contributed by atoms with Crippen LogP contribution in [0.3, 0.4) is 0 Å². The average molecular weight is 289 g/mol. The van der Waals surface area contributed by atoms with E-state index in [1.165, 1.54) is 76.4 Å². The fourth-order valence-corrected chi connectivity index (χ4v) is 2.78. The van der Waals surface area contributed by atoms with Crippen molar-refractivity contribution in [2.45, 2.75) is 84.0 Å². The summed E-state index contributed by atoms with van der Waals surface area (Å²) in [5.74, 6) is 1.35. The predicted octanol–water partition coefficient (Wildman–Crippen LogP) is 6.07. The lowest BCUT2D eigenvalue weighted by molar-refractivity contribution is 0.130. The lowest BCUT2D eigenvalue weighted by atomic mass is 10.1. The first-order valence-corrected chi connectivity index (χ1v) is 9.88. The molecule has 0 aromatic carbocycles. The molecule has 0 atom stereocenters. The zero-order chi connectivity index (χ0) is 14.0. The molecule has 0 rings (SSSR count). The van der Waals surface area contributed by atoms with E-state index in [0.717, 1.165) is 19.6 Å². The van der Waals surface area contributed by atoms with Crippen molar-refractivity contribution >= 4 is 11.8 Å². The first-order chi connectivity index (χ1) is 9.41. The quantitative estimate of drug-likeness (QED) is 0.319. The molecule has 0 N–H and O–H groups in total. The highest BCUT2D eigenvalue weighted by Gasteiger charge is 1.93. The highest BCUT2D eigenvalue weighted by Crippen LogP contribution is 2.12. The minimum atomic E-state index is 0.941. The minimum absolute atomic E-state index is 0.941. The number of thioether (sulfide) groups is 1. The predicted molar refractivity (Wildman–Crippen MR) is 90.3 cm³/mol. The summed E-state index contributed by atoms with van der Waals surface area (Å²) in [7, 11) is 0. The number of hydrogen-bond acceptors (Lipinski definition) is 2. The third-order valence-corrected chi connectivity index (χ3v) is 4.18. The van der Waals surface area contributed by atoms with Gasteiger partial charge in [0.15, 0.2) is 0 Å². The van der Waals surface area contributed by atoms with Gasteiger partial charge in [0.05, 0.1) is 0 Å². The van der Waals surface area contributed by atoms with E-state index in [4.69, 9.17) is 4.74 Å². The number of ether oxygens (including phenoxy) is 1. The van der Waals surface area contributed by atoms with Crippen LogP contribution in [-0.2, 0) is 4.74 Å². The van der Waals surface area contributed by atoms with Crippen molar-refractivity contribution in [2.75, 3.05) is 25.2 Å². The molecule has 19 heavy (non-hydrogen) atoms. The van der Waals surface area contributed by atoms with Crippen LogP contribution in [0.4, 0.5) is 0 Å². The van der Waals surface area contributed by atoms with Gasteiger partial charge in [-0.05, 0) is 31.3 Å². The summed E-state index contributed by atoms with van der Waals surface area (Å²) in [5.41, 5.74) is 0. The highest BCUT2D eigenvalue weighted by atomic mass is 32.2. The molecule has 2 heteroatoms. The van der Waals surface area contributed by atoms with E-state index in [2.05, 4.69) is 13.2 Å². The Labute approximate surface area is 126 Å². The zero-order valence-corrected chi connectivity index (χ0v) is 14.2. The van der Waals surface area contributed by atoms with E-state index in [1.54, 1.807) is 0 Å². The van der Waals surface area contributed by atoms with Crippen LogP contribution in [-0.4, -0.2) is 25.2 Å².